The predicted molar refractivity (Wildman–Crippen MR) is 114 cm³/mol. The van der Waals surface area contributed by atoms with Crippen LogP contribution in [0, 0.1) is 0 Å². The van der Waals surface area contributed by atoms with Gasteiger partial charge in [-0.05, 0) is 48.9 Å². The number of amides is 2. The molecule has 2 heterocycles. The molecule has 2 atom stereocenters. The van der Waals surface area contributed by atoms with Crippen LogP contribution >= 0.6 is 0 Å². The van der Waals surface area contributed by atoms with E-state index in [1.165, 1.54) is 0 Å². The summed E-state index contributed by atoms with van der Waals surface area (Å²) in [4.78, 5) is 32.0. The number of para-hydroxylation sites is 1. The van der Waals surface area contributed by atoms with Gasteiger partial charge in [0, 0.05) is 11.9 Å². The van der Waals surface area contributed by atoms with Gasteiger partial charge in [0.25, 0.3) is 5.91 Å². The fraction of sp³-hybridized carbons (Fsp3) is 0.208. The monoisotopic (exact) mass is 401 g/mol. The molecule has 0 unspecified atom stereocenters. The summed E-state index contributed by atoms with van der Waals surface area (Å²) in [6, 6.07) is 19.9. The average molecular weight is 401 g/mol. The molecular formula is C24H23N3O3. The lowest BCUT2D eigenvalue weighted by Gasteiger charge is -2.25. The van der Waals surface area contributed by atoms with E-state index in [-0.39, 0.29) is 24.3 Å². The van der Waals surface area contributed by atoms with Crippen LogP contribution in [-0.4, -0.2) is 23.9 Å². The zero-order valence-corrected chi connectivity index (χ0v) is 16.9. The molecular weight excluding hydrogens is 378 g/mol. The van der Waals surface area contributed by atoms with Crippen LogP contribution in [0.3, 0.4) is 0 Å². The molecule has 30 heavy (non-hydrogen) atoms. The second-order valence-electron chi connectivity index (χ2n) is 7.23. The number of benzene rings is 2. The standard InChI is InChI=1S/C24H23N3O3/c1-16(17-10-12-19(30-2)13-11-17)26-22(28)15-21-23-20(9-6-14-25-23)24(29)27(21)18-7-4-3-5-8-18/h3-14,16,21H,15H2,1-2H3,(H,26,28)/t16-,21+/m0/s1. The highest BCUT2D eigenvalue weighted by Gasteiger charge is 2.39. The molecule has 4 rings (SSSR count). The Morgan fingerprint density at radius 1 is 1.10 bits per heavy atom. The number of nitrogens with one attached hydrogen (secondary N) is 1. The number of aromatic nitrogens is 1. The maximum atomic E-state index is 13.0. The minimum Gasteiger partial charge on any atom is -0.497 e. The number of rotatable bonds is 6. The van der Waals surface area contributed by atoms with Crippen LogP contribution in [0.15, 0.2) is 72.9 Å². The molecule has 0 spiro atoms. The van der Waals surface area contributed by atoms with E-state index in [2.05, 4.69) is 10.3 Å². The first-order chi connectivity index (χ1) is 14.6. The number of ether oxygens (including phenoxy) is 1. The molecule has 0 saturated heterocycles. The molecule has 2 amide bonds. The second-order valence-corrected chi connectivity index (χ2v) is 7.23. The highest BCUT2D eigenvalue weighted by molar-refractivity contribution is 6.11. The van der Waals surface area contributed by atoms with Crippen molar-refractivity contribution in [3.8, 4) is 5.75 Å². The lowest BCUT2D eigenvalue weighted by molar-refractivity contribution is -0.122. The van der Waals surface area contributed by atoms with Crippen molar-refractivity contribution in [1.29, 1.82) is 0 Å². The minimum atomic E-state index is -0.445. The smallest absolute Gasteiger partial charge is 0.260 e. The minimum absolute atomic E-state index is 0.130. The van der Waals surface area contributed by atoms with Crippen molar-refractivity contribution >= 4 is 17.5 Å². The first-order valence-electron chi connectivity index (χ1n) is 9.85. The summed E-state index contributed by atoms with van der Waals surface area (Å²) in [5.41, 5.74) is 2.91. The van der Waals surface area contributed by atoms with E-state index < -0.39 is 6.04 Å². The van der Waals surface area contributed by atoms with Gasteiger partial charge in [-0.3, -0.25) is 19.5 Å². The summed E-state index contributed by atoms with van der Waals surface area (Å²) in [7, 11) is 1.62. The largest absolute Gasteiger partial charge is 0.497 e. The van der Waals surface area contributed by atoms with Gasteiger partial charge in [0.05, 0.1) is 36.9 Å². The van der Waals surface area contributed by atoms with Crippen molar-refractivity contribution in [2.24, 2.45) is 0 Å². The van der Waals surface area contributed by atoms with E-state index >= 15 is 0 Å². The van der Waals surface area contributed by atoms with Gasteiger partial charge in [-0.15, -0.1) is 0 Å². The average Bonchev–Trinajstić information content (AvgIpc) is 3.06. The first-order valence-corrected chi connectivity index (χ1v) is 9.85. The van der Waals surface area contributed by atoms with Gasteiger partial charge in [0.15, 0.2) is 0 Å². The van der Waals surface area contributed by atoms with E-state index in [9.17, 15) is 9.59 Å². The summed E-state index contributed by atoms with van der Waals surface area (Å²) in [6.07, 6.45) is 1.79. The van der Waals surface area contributed by atoms with E-state index in [1.54, 1.807) is 30.3 Å². The van der Waals surface area contributed by atoms with Crippen LogP contribution in [-0.2, 0) is 4.79 Å². The van der Waals surface area contributed by atoms with Crippen molar-refractivity contribution in [2.45, 2.75) is 25.4 Å². The van der Waals surface area contributed by atoms with Crippen LogP contribution in [0.2, 0.25) is 0 Å². The van der Waals surface area contributed by atoms with E-state index in [1.807, 2.05) is 61.5 Å². The highest BCUT2D eigenvalue weighted by Crippen LogP contribution is 2.38. The van der Waals surface area contributed by atoms with Gasteiger partial charge < -0.3 is 10.1 Å². The summed E-state index contributed by atoms with van der Waals surface area (Å²) in [6.45, 7) is 1.93. The van der Waals surface area contributed by atoms with Gasteiger partial charge >= 0.3 is 0 Å². The second kappa shape index (κ2) is 8.37. The van der Waals surface area contributed by atoms with E-state index in [0.29, 0.717) is 11.3 Å². The lowest BCUT2D eigenvalue weighted by Crippen LogP contribution is -2.34. The van der Waals surface area contributed by atoms with Crippen molar-refractivity contribution in [3.63, 3.8) is 0 Å². The van der Waals surface area contributed by atoms with Crippen LogP contribution in [0.5, 0.6) is 5.75 Å². The van der Waals surface area contributed by atoms with E-state index in [4.69, 9.17) is 4.74 Å². The number of pyridine rings is 1. The Balaban J connectivity index is 1.54. The quantitative estimate of drug-likeness (QED) is 0.676. The third-order valence-corrected chi connectivity index (χ3v) is 5.32. The Labute approximate surface area is 175 Å². The van der Waals surface area contributed by atoms with Crippen LogP contribution in [0.1, 0.15) is 47.0 Å². The zero-order valence-electron chi connectivity index (χ0n) is 16.9. The maximum Gasteiger partial charge on any atom is 0.260 e. The Kier molecular flexibility index (Phi) is 5.48. The number of fused-ring (bicyclic) bond motifs is 1. The highest BCUT2D eigenvalue weighted by atomic mass is 16.5. The Morgan fingerprint density at radius 2 is 1.83 bits per heavy atom. The Bertz CT molecular complexity index is 1050. The molecule has 0 radical (unpaired) electrons. The summed E-state index contributed by atoms with van der Waals surface area (Å²) in [5, 5.41) is 3.03. The molecule has 3 aromatic rings. The summed E-state index contributed by atoms with van der Waals surface area (Å²) < 4.78 is 5.18. The van der Waals surface area contributed by atoms with Gasteiger partial charge in [-0.2, -0.15) is 0 Å². The van der Waals surface area contributed by atoms with Crippen LogP contribution in [0.4, 0.5) is 5.69 Å². The van der Waals surface area contributed by atoms with Gasteiger partial charge in [0.1, 0.15) is 5.75 Å². The lowest BCUT2D eigenvalue weighted by atomic mass is 10.1. The molecule has 1 aliphatic heterocycles. The van der Waals surface area contributed by atoms with Crippen LogP contribution < -0.4 is 15.0 Å². The van der Waals surface area contributed by atoms with E-state index in [0.717, 1.165) is 17.0 Å². The van der Waals surface area contributed by atoms with Crippen molar-refractivity contribution < 1.29 is 14.3 Å². The summed E-state index contributed by atoms with van der Waals surface area (Å²) in [5.74, 6) is 0.490. The number of nitrogens with zero attached hydrogens (tertiary/aromatic N) is 2. The number of carbonyl (C=O) groups is 2. The normalized spacial score (nSPS) is 16.1. The van der Waals surface area contributed by atoms with Gasteiger partial charge in [-0.1, -0.05) is 30.3 Å². The van der Waals surface area contributed by atoms with Crippen molar-refractivity contribution in [2.75, 3.05) is 12.0 Å². The molecule has 0 bridgehead atoms. The molecule has 6 nitrogen and oxygen atoms in total. The molecule has 1 aromatic heterocycles. The number of hydrogen-bond donors (Lipinski definition) is 1. The first kappa shape index (κ1) is 19.6. The number of methoxy groups -OCH3 is 1. The zero-order chi connectivity index (χ0) is 21.1. The van der Waals surface area contributed by atoms with Crippen molar-refractivity contribution in [1.82, 2.24) is 10.3 Å². The summed E-state index contributed by atoms with van der Waals surface area (Å²) >= 11 is 0. The topological polar surface area (TPSA) is 71.5 Å². The predicted octanol–water partition coefficient (Wildman–Crippen LogP) is 4.06. The molecule has 1 N–H and O–H groups in total. The fourth-order valence-electron chi connectivity index (χ4n) is 3.78. The molecule has 1 aliphatic rings. The molecule has 0 fully saturated rings. The SMILES string of the molecule is COc1ccc([C@H](C)NC(=O)C[C@@H]2c3ncccc3C(=O)N2c2ccccc2)cc1. The fourth-order valence-corrected chi connectivity index (χ4v) is 3.78. The number of carbonyl (C=O) groups excluding carboxylic acids is 2. The van der Waals surface area contributed by atoms with Gasteiger partial charge in [-0.25, -0.2) is 0 Å². The molecule has 152 valence electrons. The Hall–Kier alpha value is -3.67. The number of anilines is 1. The molecule has 0 saturated carbocycles. The third kappa shape index (κ3) is 3.76. The Morgan fingerprint density at radius 3 is 2.53 bits per heavy atom. The molecule has 6 heteroatoms. The molecule has 2 aromatic carbocycles. The van der Waals surface area contributed by atoms with Crippen LogP contribution in [0.25, 0.3) is 0 Å². The van der Waals surface area contributed by atoms with Gasteiger partial charge in [0.2, 0.25) is 5.91 Å². The maximum absolute atomic E-state index is 13.0. The third-order valence-electron chi connectivity index (χ3n) is 5.32. The van der Waals surface area contributed by atoms with Crippen molar-refractivity contribution in [3.05, 3.63) is 89.7 Å². The molecule has 0 aliphatic carbocycles. The number of hydrogen-bond acceptors (Lipinski definition) is 4.